The molecule has 0 saturated heterocycles. The topological polar surface area (TPSA) is 101 Å². The number of unbranched alkanes of at least 4 members (excludes halogenated alkanes) is 8. The standard InChI is InChI=1S/C22H43N3O3/c1-5-6-7-8-9-10-11-12-13-14-20(27)25-18(15-16-19(23)26)21(28)24-17-22(2,3)4/h18H,5-17H2,1-4H3,(H2,23,26)(H,24,28)(H,25,27)/t18-/m1/s1. The van der Waals surface area contributed by atoms with Crippen molar-refractivity contribution in [2.45, 2.75) is 111 Å². The van der Waals surface area contributed by atoms with Crippen LogP contribution in [0.25, 0.3) is 0 Å². The normalized spacial score (nSPS) is 12.4. The predicted molar refractivity (Wildman–Crippen MR) is 115 cm³/mol. The minimum absolute atomic E-state index is 0.0511. The summed E-state index contributed by atoms with van der Waals surface area (Å²) in [7, 11) is 0. The van der Waals surface area contributed by atoms with E-state index in [4.69, 9.17) is 5.73 Å². The second kappa shape index (κ2) is 15.3. The molecule has 0 radical (unpaired) electrons. The number of carbonyl (C=O) groups is 3. The highest BCUT2D eigenvalue weighted by molar-refractivity contribution is 5.88. The first-order chi connectivity index (χ1) is 13.2. The van der Waals surface area contributed by atoms with Crippen molar-refractivity contribution in [2.75, 3.05) is 6.54 Å². The minimum Gasteiger partial charge on any atom is -0.370 e. The fourth-order valence-electron chi connectivity index (χ4n) is 2.89. The molecule has 0 bridgehead atoms. The Morgan fingerprint density at radius 2 is 1.39 bits per heavy atom. The Bertz CT molecular complexity index is 458. The number of amides is 3. The summed E-state index contributed by atoms with van der Waals surface area (Å²) in [6.07, 6.45) is 11.4. The van der Waals surface area contributed by atoms with Crippen LogP contribution in [0, 0.1) is 5.41 Å². The van der Waals surface area contributed by atoms with E-state index in [1.165, 1.54) is 38.5 Å². The zero-order chi connectivity index (χ0) is 21.4. The number of carbonyl (C=O) groups excluding carboxylic acids is 3. The van der Waals surface area contributed by atoms with Gasteiger partial charge in [0.1, 0.15) is 6.04 Å². The molecule has 4 N–H and O–H groups in total. The maximum absolute atomic E-state index is 12.4. The summed E-state index contributed by atoms with van der Waals surface area (Å²) in [6.45, 7) is 8.79. The Kier molecular flexibility index (Phi) is 14.5. The fourth-order valence-corrected chi connectivity index (χ4v) is 2.89. The van der Waals surface area contributed by atoms with Crippen molar-refractivity contribution in [1.82, 2.24) is 10.6 Å². The van der Waals surface area contributed by atoms with Crippen LogP contribution in [0.5, 0.6) is 0 Å². The van der Waals surface area contributed by atoms with Crippen LogP contribution in [0.4, 0.5) is 0 Å². The van der Waals surface area contributed by atoms with E-state index in [0.29, 0.717) is 13.0 Å². The number of nitrogens with two attached hydrogens (primary N) is 1. The first-order valence-corrected chi connectivity index (χ1v) is 11.0. The number of nitrogens with one attached hydrogen (secondary N) is 2. The van der Waals surface area contributed by atoms with E-state index in [2.05, 4.69) is 17.6 Å². The van der Waals surface area contributed by atoms with Crippen LogP contribution < -0.4 is 16.4 Å². The van der Waals surface area contributed by atoms with Gasteiger partial charge in [-0.25, -0.2) is 0 Å². The molecular weight excluding hydrogens is 354 g/mol. The van der Waals surface area contributed by atoms with E-state index in [9.17, 15) is 14.4 Å². The highest BCUT2D eigenvalue weighted by Gasteiger charge is 2.22. The Balaban J connectivity index is 4.15. The molecule has 0 aromatic heterocycles. The van der Waals surface area contributed by atoms with Crippen molar-refractivity contribution in [2.24, 2.45) is 11.1 Å². The molecule has 3 amide bonds. The molecule has 1 atom stereocenters. The van der Waals surface area contributed by atoms with Crippen molar-refractivity contribution in [3.63, 3.8) is 0 Å². The molecule has 6 heteroatoms. The first-order valence-electron chi connectivity index (χ1n) is 11.0. The molecule has 0 aromatic carbocycles. The van der Waals surface area contributed by atoms with Crippen LogP contribution in [-0.2, 0) is 14.4 Å². The van der Waals surface area contributed by atoms with Crippen LogP contribution >= 0.6 is 0 Å². The smallest absolute Gasteiger partial charge is 0.242 e. The second-order valence-corrected chi connectivity index (χ2v) is 8.98. The predicted octanol–water partition coefficient (Wildman–Crippen LogP) is 3.82. The van der Waals surface area contributed by atoms with Crippen molar-refractivity contribution in [3.05, 3.63) is 0 Å². The summed E-state index contributed by atoms with van der Waals surface area (Å²) in [5, 5.41) is 5.63. The molecule has 0 aromatic rings. The molecule has 0 saturated carbocycles. The summed E-state index contributed by atoms with van der Waals surface area (Å²) < 4.78 is 0. The summed E-state index contributed by atoms with van der Waals surface area (Å²) in [5.74, 6) is -0.860. The van der Waals surface area contributed by atoms with Gasteiger partial charge in [-0.1, -0.05) is 79.1 Å². The second-order valence-electron chi connectivity index (χ2n) is 8.98. The van der Waals surface area contributed by atoms with E-state index >= 15 is 0 Å². The lowest BCUT2D eigenvalue weighted by Gasteiger charge is -2.22. The van der Waals surface area contributed by atoms with E-state index < -0.39 is 11.9 Å². The Morgan fingerprint density at radius 1 is 0.857 bits per heavy atom. The lowest BCUT2D eigenvalue weighted by Crippen LogP contribution is -2.48. The van der Waals surface area contributed by atoms with Gasteiger partial charge in [0.05, 0.1) is 0 Å². The van der Waals surface area contributed by atoms with Gasteiger partial charge in [-0.15, -0.1) is 0 Å². The molecule has 6 nitrogen and oxygen atoms in total. The van der Waals surface area contributed by atoms with E-state index in [1.807, 2.05) is 20.8 Å². The van der Waals surface area contributed by atoms with Gasteiger partial charge in [0.15, 0.2) is 0 Å². The van der Waals surface area contributed by atoms with Crippen LogP contribution in [0.1, 0.15) is 105 Å². The number of hydrogen-bond acceptors (Lipinski definition) is 3. The monoisotopic (exact) mass is 397 g/mol. The molecule has 0 heterocycles. The van der Waals surface area contributed by atoms with Gasteiger partial charge in [-0.2, -0.15) is 0 Å². The minimum atomic E-state index is -0.707. The van der Waals surface area contributed by atoms with Gasteiger partial charge >= 0.3 is 0 Å². The molecule has 0 spiro atoms. The molecule has 0 fully saturated rings. The van der Waals surface area contributed by atoms with Gasteiger partial charge in [0.25, 0.3) is 0 Å². The summed E-state index contributed by atoms with van der Waals surface area (Å²) in [6, 6.07) is -0.707. The van der Waals surface area contributed by atoms with Gasteiger partial charge < -0.3 is 16.4 Å². The van der Waals surface area contributed by atoms with E-state index in [0.717, 1.165) is 19.3 Å². The molecule has 0 aliphatic carbocycles. The molecule has 28 heavy (non-hydrogen) atoms. The van der Waals surface area contributed by atoms with Crippen molar-refractivity contribution < 1.29 is 14.4 Å². The van der Waals surface area contributed by atoms with E-state index in [1.54, 1.807) is 0 Å². The van der Waals surface area contributed by atoms with Gasteiger partial charge in [-0.3, -0.25) is 14.4 Å². The fraction of sp³-hybridized carbons (Fsp3) is 0.864. The molecule has 0 rings (SSSR count). The Hall–Kier alpha value is -1.59. The van der Waals surface area contributed by atoms with Crippen LogP contribution in [-0.4, -0.2) is 30.3 Å². The Morgan fingerprint density at radius 3 is 1.89 bits per heavy atom. The quantitative estimate of drug-likeness (QED) is 0.345. The number of hydrogen-bond donors (Lipinski definition) is 3. The van der Waals surface area contributed by atoms with Crippen molar-refractivity contribution >= 4 is 17.7 Å². The summed E-state index contributed by atoms with van der Waals surface area (Å²) in [5.41, 5.74) is 5.15. The van der Waals surface area contributed by atoms with Crippen LogP contribution in [0.15, 0.2) is 0 Å². The van der Waals surface area contributed by atoms with Crippen molar-refractivity contribution in [3.8, 4) is 0 Å². The highest BCUT2D eigenvalue weighted by atomic mass is 16.2. The summed E-state index contributed by atoms with van der Waals surface area (Å²) >= 11 is 0. The average molecular weight is 398 g/mol. The lowest BCUT2D eigenvalue weighted by atomic mass is 9.96. The van der Waals surface area contributed by atoms with E-state index in [-0.39, 0.29) is 30.1 Å². The molecule has 0 aliphatic rings. The van der Waals surface area contributed by atoms with Gasteiger partial charge in [-0.05, 0) is 18.3 Å². The van der Waals surface area contributed by atoms with Crippen molar-refractivity contribution in [1.29, 1.82) is 0 Å². The highest BCUT2D eigenvalue weighted by Crippen LogP contribution is 2.12. The first kappa shape index (κ1) is 26.4. The van der Waals surface area contributed by atoms with Gasteiger partial charge in [0, 0.05) is 19.4 Å². The van der Waals surface area contributed by atoms with Gasteiger partial charge in [0.2, 0.25) is 17.7 Å². The molecular formula is C22H43N3O3. The average Bonchev–Trinajstić information content (AvgIpc) is 2.61. The SMILES string of the molecule is CCCCCCCCCCCC(=O)N[C@H](CCC(N)=O)C(=O)NCC(C)(C)C. The zero-order valence-corrected chi connectivity index (χ0v) is 18.6. The number of primary amides is 1. The zero-order valence-electron chi connectivity index (χ0n) is 18.6. The third kappa shape index (κ3) is 16.6. The maximum atomic E-state index is 12.4. The number of rotatable bonds is 16. The van der Waals surface area contributed by atoms with Crippen LogP contribution in [0.2, 0.25) is 0 Å². The Labute approximate surface area is 171 Å². The third-order valence-electron chi connectivity index (χ3n) is 4.63. The van der Waals surface area contributed by atoms with Crippen LogP contribution in [0.3, 0.4) is 0 Å². The molecule has 0 aliphatic heterocycles. The largest absolute Gasteiger partial charge is 0.370 e. The lowest BCUT2D eigenvalue weighted by molar-refractivity contribution is -0.129. The molecule has 0 unspecified atom stereocenters. The molecule has 164 valence electrons. The third-order valence-corrected chi connectivity index (χ3v) is 4.63. The maximum Gasteiger partial charge on any atom is 0.242 e. The summed E-state index contributed by atoms with van der Waals surface area (Å²) in [4.78, 5) is 35.6.